The molecule has 1 aromatic rings. The first-order chi connectivity index (χ1) is 10.0. The van der Waals surface area contributed by atoms with Gasteiger partial charge in [-0.15, -0.1) is 0 Å². The molecule has 0 aliphatic carbocycles. The number of alkyl carbamates (subject to hydrolysis) is 1. The predicted molar refractivity (Wildman–Crippen MR) is 84.0 cm³/mol. The highest BCUT2D eigenvalue weighted by atomic mass is 16.5. The fourth-order valence-corrected chi connectivity index (χ4v) is 2.88. The maximum Gasteiger partial charge on any atom is 0.407 e. The Bertz CT molecular complexity index is 447. The van der Waals surface area contributed by atoms with Gasteiger partial charge in [0.15, 0.2) is 0 Å². The van der Waals surface area contributed by atoms with Crippen LogP contribution in [-0.4, -0.2) is 37.2 Å². The summed E-state index contributed by atoms with van der Waals surface area (Å²) in [5.41, 5.74) is 1.01. The van der Waals surface area contributed by atoms with Crippen LogP contribution in [0.2, 0.25) is 0 Å². The van der Waals surface area contributed by atoms with E-state index < -0.39 is 0 Å². The minimum Gasteiger partial charge on any atom is -0.445 e. The van der Waals surface area contributed by atoms with Crippen LogP contribution in [0, 0.1) is 11.8 Å². The highest BCUT2D eigenvalue weighted by Gasteiger charge is 2.28. The molecule has 1 aromatic carbocycles. The molecule has 4 nitrogen and oxygen atoms in total. The second-order valence-corrected chi connectivity index (χ2v) is 6.36. The number of likely N-dealkylation sites (N-methyl/N-ethyl adjacent to an activating group) is 1. The minimum absolute atomic E-state index is 0.180. The number of ether oxygens (including phenoxy) is 1. The van der Waals surface area contributed by atoms with Crippen LogP contribution < -0.4 is 5.32 Å². The Labute approximate surface area is 127 Å². The number of benzene rings is 1. The molecule has 2 rings (SSSR count). The molecule has 0 aromatic heterocycles. The van der Waals surface area contributed by atoms with E-state index in [4.69, 9.17) is 4.74 Å². The zero-order valence-corrected chi connectivity index (χ0v) is 13.2. The first kappa shape index (κ1) is 15.8. The molecule has 2 unspecified atom stereocenters. The van der Waals surface area contributed by atoms with Crippen LogP contribution in [0.3, 0.4) is 0 Å². The molecule has 4 heteroatoms. The van der Waals surface area contributed by atoms with Crippen molar-refractivity contribution in [2.45, 2.75) is 32.9 Å². The molecule has 2 atom stereocenters. The molecule has 21 heavy (non-hydrogen) atoms. The fraction of sp³-hybridized carbons (Fsp3) is 0.588. The Morgan fingerprint density at radius 2 is 2.05 bits per heavy atom. The lowest BCUT2D eigenvalue weighted by Gasteiger charge is -2.37. The fourth-order valence-electron chi connectivity index (χ4n) is 2.88. The number of hydrogen-bond donors (Lipinski definition) is 1. The SMILES string of the molecule is CC(C)C1CC(NC(=O)OCc2ccccc2)CN(C)C1. The van der Waals surface area contributed by atoms with Gasteiger partial charge in [-0.2, -0.15) is 0 Å². The smallest absolute Gasteiger partial charge is 0.407 e. The van der Waals surface area contributed by atoms with E-state index in [1.165, 1.54) is 0 Å². The molecule has 1 aliphatic heterocycles. The Balaban J connectivity index is 1.79. The molecule has 0 spiro atoms. The molecule has 116 valence electrons. The molecule has 1 fully saturated rings. The standard InChI is InChI=1S/C17H26N2O2/c1-13(2)15-9-16(11-19(3)10-15)18-17(20)21-12-14-7-5-4-6-8-14/h4-8,13,15-16H,9-12H2,1-3H3,(H,18,20). The number of hydrogen-bond acceptors (Lipinski definition) is 3. The van der Waals surface area contributed by atoms with E-state index in [1.54, 1.807) is 0 Å². The summed E-state index contributed by atoms with van der Waals surface area (Å²) in [5.74, 6) is 1.26. The van der Waals surface area contributed by atoms with Crippen molar-refractivity contribution in [1.82, 2.24) is 10.2 Å². The van der Waals surface area contributed by atoms with Crippen LogP contribution >= 0.6 is 0 Å². The van der Waals surface area contributed by atoms with Crippen LogP contribution in [0.1, 0.15) is 25.8 Å². The van der Waals surface area contributed by atoms with E-state index in [9.17, 15) is 4.79 Å². The molecule has 0 saturated carbocycles. The van der Waals surface area contributed by atoms with E-state index in [1.807, 2.05) is 30.3 Å². The number of carbonyl (C=O) groups excluding carboxylic acids is 1. The molecular weight excluding hydrogens is 264 g/mol. The largest absolute Gasteiger partial charge is 0.445 e. The average Bonchev–Trinajstić information content (AvgIpc) is 2.45. The normalized spacial score (nSPS) is 23.0. The Kier molecular flexibility index (Phi) is 5.62. The van der Waals surface area contributed by atoms with Crippen LogP contribution in [0.4, 0.5) is 4.79 Å². The number of nitrogens with zero attached hydrogens (tertiary/aromatic N) is 1. The number of nitrogens with one attached hydrogen (secondary N) is 1. The number of piperidine rings is 1. The van der Waals surface area contributed by atoms with Gasteiger partial charge in [-0.25, -0.2) is 4.79 Å². The highest BCUT2D eigenvalue weighted by Crippen LogP contribution is 2.23. The average molecular weight is 290 g/mol. The second kappa shape index (κ2) is 7.46. The van der Waals surface area contributed by atoms with E-state index >= 15 is 0 Å². The zero-order chi connectivity index (χ0) is 15.2. The van der Waals surface area contributed by atoms with Gasteiger partial charge in [0.05, 0.1) is 0 Å². The summed E-state index contributed by atoms with van der Waals surface area (Å²) in [6, 6.07) is 9.93. The quantitative estimate of drug-likeness (QED) is 0.927. The van der Waals surface area contributed by atoms with Gasteiger partial charge in [-0.1, -0.05) is 44.2 Å². The van der Waals surface area contributed by atoms with Crippen molar-refractivity contribution in [3.05, 3.63) is 35.9 Å². The summed E-state index contributed by atoms with van der Waals surface area (Å²) in [7, 11) is 2.11. The zero-order valence-electron chi connectivity index (χ0n) is 13.2. The molecular formula is C17H26N2O2. The number of likely N-dealkylation sites (tertiary alicyclic amines) is 1. The highest BCUT2D eigenvalue weighted by molar-refractivity contribution is 5.67. The van der Waals surface area contributed by atoms with E-state index in [0.717, 1.165) is 25.1 Å². The Hall–Kier alpha value is -1.55. The van der Waals surface area contributed by atoms with Crippen molar-refractivity contribution in [3.63, 3.8) is 0 Å². The first-order valence-corrected chi connectivity index (χ1v) is 7.70. The summed E-state index contributed by atoms with van der Waals surface area (Å²) in [6.45, 7) is 6.81. The first-order valence-electron chi connectivity index (χ1n) is 7.70. The summed E-state index contributed by atoms with van der Waals surface area (Å²) in [6.07, 6.45) is 0.712. The van der Waals surface area contributed by atoms with Crippen molar-refractivity contribution < 1.29 is 9.53 Å². The maximum absolute atomic E-state index is 11.9. The molecule has 1 amide bonds. The van der Waals surface area contributed by atoms with Crippen molar-refractivity contribution in [2.24, 2.45) is 11.8 Å². The molecule has 1 aliphatic rings. The third kappa shape index (κ3) is 5.05. The van der Waals surface area contributed by atoms with Crippen molar-refractivity contribution in [2.75, 3.05) is 20.1 Å². The van der Waals surface area contributed by atoms with Crippen LogP contribution in [0.5, 0.6) is 0 Å². The van der Waals surface area contributed by atoms with Gasteiger partial charge in [0.1, 0.15) is 6.61 Å². The van der Waals surface area contributed by atoms with Crippen LogP contribution in [-0.2, 0) is 11.3 Å². The number of carbonyl (C=O) groups is 1. The maximum atomic E-state index is 11.9. The van der Waals surface area contributed by atoms with Crippen LogP contribution in [0.25, 0.3) is 0 Å². The monoisotopic (exact) mass is 290 g/mol. The van der Waals surface area contributed by atoms with Gasteiger partial charge in [-0.05, 0) is 30.9 Å². The lowest BCUT2D eigenvalue weighted by atomic mass is 9.86. The lowest BCUT2D eigenvalue weighted by molar-refractivity contribution is 0.109. The summed E-state index contributed by atoms with van der Waals surface area (Å²) >= 11 is 0. The van der Waals surface area contributed by atoms with Gasteiger partial charge >= 0.3 is 6.09 Å². The van der Waals surface area contributed by atoms with E-state index in [0.29, 0.717) is 18.4 Å². The van der Waals surface area contributed by atoms with Crippen molar-refractivity contribution in [3.8, 4) is 0 Å². The molecule has 1 N–H and O–H groups in total. The van der Waals surface area contributed by atoms with Crippen molar-refractivity contribution in [1.29, 1.82) is 0 Å². The third-order valence-corrected chi connectivity index (χ3v) is 4.14. The summed E-state index contributed by atoms with van der Waals surface area (Å²) < 4.78 is 5.29. The van der Waals surface area contributed by atoms with Gasteiger partial charge in [0, 0.05) is 19.1 Å². The van der Waals surface area contributed by atoms with E-state index in [-0.39, 0.29) is 12.1 Å². The lowest BCUT2D eigenvalue weighted by Crippen LogP contribution is -2.50. The van der Waals surface area contributed by atoms with Gasteiger partial charge in [0.25, 0.3) is 0 Å². The molecule has 0 bridgehead atoms. The van der Waals surface area contributed by atoms with Crippen molar-refractivity contribution >= 4 is 6.09 Å². The third-order valence-electron chi connectivity index (χ3n) is 4.14. The Morgan fingerprint density at radius 3 is 2.71 bits per heavy atom. The summed E-state index contributed by atoms with van der Waals surface area (Å²) in [4.78, 5) is 14.2. The Morgan fingerprint density at radius 1 is 1.33 bits per heavy atom. The number of amides is 1. The van der Waals surface area contributed by atoms with Gasteiger partial charge in [0.2, 0.25) is 0 Å². The van der Waals surface area contributed by atoms with Gasteiger partial charge in [-0.3, -0.25) is 0 Å². The minimum atomic E-state index is -0.318. The summed E-state index contributed by atoms with van der Waals surface area (Å²) in [5, 5.41) is 3.00. The number of rotatable bonds is 4. The van der Waals surface area contributed by atoms with Crippen LogP contribution in [0.15, 0.2) is 30.3 Å². The second-order valence-electron chi connectivity index (χ2n) is 6.36. The molecule has 1 saturated heterocycles. The van der Waals surface area contributed by atoms with Gasteiger partial charge < -0.3 is 15.0 Å². The topological polar surface area (TPSA) is 41.6 Å². The predicted octanol–water partition coefficient (Wildman–Crippen LogP) is 2.89. The molecule has 0 radical (unpaired) electrons. The van der Waals surface area contributed by atoms with E-state index in [2.05, 4.69) is 31.1 Å². The molecule has 1 heterocycles.